The maximum atomic E-state index is 5.20. The number of hydrogen-bond acceptors (Lipinski definition) is 4. The molecule has 4 heteroatoms. The van der Waals surface area contributed by atoms with E-state index in [1.165, 1.54) is 0 Å². The number of rotatable bonds is 5. The molecule has 0 unspecified atom stereocenters. The second kappa shape index (κ2) is 5.90. The molecule has 0 N–H and O–H groups in total. The summed E-state index contributed by atoms with van der Waals surface area (Å²) >= 11 is 0. The average Bonchev–Trinajstić information content (AvgIpc) is 2.29. The molecule has 15 heavy (non-hydrogen) atoms. The first-order valence-electron chi connectivity index (χ1n) is 4.68. The second-order valence-corrected chi connectivity index (χ2v) is 2.69. The minimum atomic E-state index is 0.607. The number of hydrogen-bond donors (Lipinski definition) is 0. The van der Waals surface area contributed by atoms with Crippen LogP contribution in [0.2, 0.25) is 0 Å². The molecule has 1 heterocycles. The summed E-state index contributed by atoms with van der Waals surface area (Å²) < 4.78 is 15.4. The number of aromatic nitrogens is 1. The molecule has 0 aliphatic rings. The molecule has 0 bridgehead atoms. The van der Waals surface area contributed by atoms with E-state index in [0.717, 1.165) is 0 Å². The van der Waals surface area contributed by atoms with Crippen LogP contribution in [0.3, 0.4) is 0 Å². The third kappa shape index (κ3) is 2.87. The van der Waals surface area contributed by atoms with E-state index >= 15 is 0 Å². The van der Waals surface area contributed by atoms with Crippen molar-refractivity contribution < 1.29 is 14.2 Å². The molecular weight excluding hydrogens is 194 g/mol. The first kappa shape index (κ1) is 11.4. The zero-order valence-corrected chi connectivity index (χ0v) is 9.19. The quantitative estimate of drug-likeness (QED) is 0.696. The summed E-state index contributed by atoms with van der Waals surface area (Å²) in [6.45, 7) is 2.55. The van der Waals surface area contributed by atoms with Crippen LogP contribution in [0.5, 0.6) is 11.5 Å². The van der Waals surface area contributed by atoms with Gasteiger partial charge in [-0.1, -0.05) is 0 Å². The van der Waals surface area contributed by atoms with Gasteiger partial charge in [0.25, 0.3) is 0 Å². The first-order valence-corrected chi connectivity index (χ1v) is 4.68. The predicted molar refractivity (Wildman–Crippen MR) is 58.0 cm³/mol. The molecule has 0 saturated heterocycles. The van der Waals surface area contributed by atoms with E-state index in [4.69, 9.17) is 14.2 Å². The smallest absolute Gasteiger partial charge is 0.186 e. The molecule has 1 aromatic rings. The van der Waals surface area contributed by atoms with Crippen molar-refractivity contribution in [3.8, 4) is 11.5 Å². The van der Waals surface area contributed by atoms with Gasteiger partial charge in [-0.25, -0.2) is 0 Å². The van der Waals surface area contributed by atoms with Gasteiger partial charge in [-0.2, -0.15) is 0 Å². The van der Waals surface area contributed by atoms with Gasteiger partial charge in [0.1, 0.15) is 5.69 Å². The van der Waals surface area contributed by atoms with Gasteiger partial charge >= 0.3 is 0 Å². The average molecular weight is 209 g/mol. The van der Waals surface area contributed by atoms with E-state index < -0.39 is 0 Å². The standard InChI is InChI=1S/C11H15NO3/c1-4-15-8-6-9-11(14-3)10(13-2)5-7-12-9/h5-8H,4H2,1-3H3/b8-6+. The fraction of sp³-hybridized carbons (Fsp3) is 0.364. The van der Waals surface area contributed by atoms with E-state index in [2.05, 4.69) is 4.98 Å². The maximum absolute atomic E-state index is 5.20. The fourth-order valence-electron chi connectivity index (χ4n) is 1.14. The number of methoxy groups -OCH3 is 2. The van der Waals surface area contributed by atoms with E-state index in [1.54, 1.807) is 38.8 Å². The molecule has 0 spiro atoms. The van der Waals surface area contributed by atoms with Crippen molar-refractivity contribution in [3.63, 3.8) is 0 Å². The molecule has 0 aliphatic carbocycles. The summed E-state index contributed by atoms with van der Waals surface area (Å²) in [6.07, 6.45) is 4.99. The van der Waals surface area contributed by atoms with Crippen molar-refractivity contribution in [2.45, 2.75) is 6.92 Å². The van der Waals surface area contributed by atoms with Crippen LogP contribution >= 0.6 is 0 Å². The highest BCUT2D eigenvalue weighted by Gasteiger charge is 2.07. The van der Waals surface area contributed by atoms with Gasteiger partial charge in [-0.3, -0.25) is 4.98 Å². The first-order chi connectivity index (χ1) is 7.33. The van der Waals surface area contributed by atoms with Crippen LogP contribution in [0.15, 0.2) is 18.5 Å². The molecule has 4 nitrogen and oxygen atoms in total. The van der Waals surface area contributed by atoms with Crippen LogP contribution in [-0.4, -0.2) is 25.8 Å². The van der Waals surface area contributed by atoms with Crippen LogP contribution in [0.1, 0.15) is 12.6 Å². The van der Waals surface area contributed by atoms with Crippen molar-refractivity contribution >= 4 is 6.08 Å². The Morgan fingerprint density at radius 3 is 2.73 bits per heavy atom. The lowest BCUT2D eigenvalue weighted by molar-refractivity contribution is 0.272. The van der Waals surface area contributed by atoms with Crippen molar-refractivity contribution in [1.82, 2.24) is 4.98 Å². The normalized spacial score (nSPS) is 10.3. The Morgan fingerprint density at radius 1 is 1.33 bits per heavy atom. The van der Waals surface area contributed by atoms with Gasteiger partial charge in [0, 0.05) is 18.3 Å². The largest absolute Gasteiger partial charge is 0.501 e. The molecule has 0 fully saturated rings. The molecule has 0 amide bonds. The monoisotopic (exact) mass is 209 g/mol. The summed E-state index contributed by atoms with van der Waals surface area (Å²) in [5.74, 6) is 1.26. The van der Waals surface area contributed by atoms with Crippen LogP contribution in [0, 0.1) is 0 Å². The van der Waals surface area contributed by atoms with E-state index in [1.807, 2.05) is 6.92 Å². The fourth-order valence-corrected chi connectivity index (χ4v) is 1.14. The lowest BCUT2D eigenvalue weighted by atomic mass is 10.3. The number of ether oxygens (including phenoxy) is 3. The lowest BCUT2D eigenvalue weighted by Gasteiger charge is -2.08. The SMILES string of the molecule is CCO/C=C/c1nccc(OC)c1OC. The second-order valence-electron chi connectivity index (χ2n) is 2.69. The highest BCUT2D eigenvalue weighted by molar-refractivity contribution is 5.57. The Bertz CT molecular complexity index is 337. The molecule has 0 atom stereocenters. The van der Waals surface area contributed by atoms with Gasteiger partial charge in [0.15, 0.2) is 11.5 Å². The van der Waals surface area contributed by atoms with Crippen molar-refractivity contribution in [3.05, 3.63) is 24.2 Å². The van der Waals surface area contributed by atoms with Gasteiger partial charge < -0.3 is 14.2 Å². The Labute approximate surface area is 89.5 Å². The summed E-state index contributed by atoms with van der Waals surface area (Å²) in [7, 11) is 3.17. The van der Waals surface area contributed by atoms with E-state index in [9.17, 15) is 0 Å². The number of pyridine rings is 1. The third-order valence-electron chi connectivity index (χ3n) is 1.81. The van der Waals surface area contributed by atoms with Gasteiger partial charge in [-0.05, 0) is 6.92 Å². The predicted octanol–water partition coefficient (Wildman–Crippen LogP) is 2.11. The highest BCUT2D eigenvalue weighted by atomic mass is 16.5. The topological polar surface area (TPSA) is 40.6 Å². The Kier molecular flexibility index (Phi) is 4.47. The molecule has 82 valence electrons. The Hall–Kier alpha value is -1.71. The molecule has 0 saturated carbocycles. The zero-order valence-electron chi connectivity index (χ0n) is 9.19. The lowest BCUT2D eigenvalue weighted by Crippen LogP contribution is -1.95. The highest BCUT2D eigenvalue weighted by Crippen LogP contribution is 2.29. The molecule has 0 aromatic carbocycles. The summed E-state index contributed by atoms with van der Waals surface area (Å²) in [5.41, 5.74) is 0.685. The molecule has 0 aliphatic heterocycles. The van der Waals surface area contributed by atoms with E-state index in [0.29, 0.717) is 23.8 Å². The molecule has 0 radical (unpaired) electrons. The minimum absolute atomic E-state index is 0.607. The van der Waals surface area contributed by atoms with Crippen molar-refractivity contribution in [2.75, 3.05) is 20.8 Å². The maximum Gasteiger partial charge on any atom is 0.186 e. The van der Waals surface area contributed by atoms with Crippen LogP contribution in [0.4, 0.5) is 0 Å². The number of nitrogens with zero attached hydrogens (tertiary/aromatic N) is 1. The molecule has 1 aromatic heterocycles. The molecule has 1 rings (SSSR count). The minimum Gasteiger partial charge on any atom is -0.501 e. The van der Waals surface area contributed by atoms with Crippen LogP contribution in [-0.2, 0) is 4.74 Å². The van der Waals surface area contributed by atoms with Crippen LogP contribution in [0.25, 0.3) is 6.08 Å². The van der Waals surface area contributed by atoms with Crippen LogP contribution < -0.4 is 9.47 Å². The van der Waals surface area contributed by atoms with E-state index in [-0.39, 0.29) is 0 Å². The molecular formula is C11H15NO3. The Morgan fingerprint density at radius 2 is 2.13 bits per heavy atom. The van der Waals surface area contributed by atoms with Crippen molar-refractivity contribution in [1.29, 1.82) is 0 Å². The summed E-state index contributed by atoms with van der Waals surface area (Å²) in [5, 5.41) is 0. The Balaban J connectivity index is 2.95. The summed E-state index contributed by atoms with van der Waals surface area (Å²) in [4.78, 5) is 4.16. The van der Waals surface area contributed by atoms with Gasteiger partial charge in [0.05, 0.1) is 27.1 Å². The summed E-state index contributed by atoms with van der Waals surface area (Å²) in [6, 6.07) is 1.75. The van der Waals surface area contributed by atoms with Gasteiger partial charge in [0.2, 0.25) is 0 Å². The third-order valence-corrected chi connectivity index (χ3v) is 1.81. The van der Waals surface area contributed by atoms with Crippen molar-refractivity contribution in [2.24, 2.45) is 0 Å². The van der Waals surface area contributed by atoms with Gasteiger partial charge in [-0.15, -0.1) is 0 Å². The zero-order chi connectivity index (χ0) is 11.1.